The number of carbonyl (C=O) groups excluding carboxylic acids is 1. The topological polar surface area (TPSA) is 179 Å². The highest BCUT2D eigenvalue weighted by Crippen LogP contribution is 2.45. The van der Waals surface area contributed by atoms with Crippen molar-refractivity contribution in [3.05, 3.63) is 152 Å². The Bertz CT molecular complexity index is 3480. The summed E-state index contributed by atoms with van der Waals surface area (Å²) in [5.41, 5.74) is 11.7. The van der Waals surface area contributed by atoms with Gasteiger partial charge in [-0.15, -0.1) is 0 Å². The van der Waals surface area contributed by atoms with Crippen molar-refractivity contribution < 1.29 is 27.6 Å². The molecule has 0 unspecified atom stereocenters. The number of ether oxygens (including phenoxy) is 2. The molecule has 0 atom stereocenters. The van der Waals surface area contributed by atoms with Gasteiger partial charge in [0.25, 0.3) is 21.6 Å². The number of nitro benzene ring substituents is 1. The third-order valence-electron chi connectivity index (χ3n) is 17.5. The number of H-pyrrole nitrogens is 1. The first-order valence-electron chi connectivity index (χ1n) is 29.1. The lowest BCUT2D eigenvalue weighted by Gasteiger charge is -2.40. The summed E-state index contributed by atoms with van der Waals surface area (Å²) < 4.78 is 41.7. The lowest BCUT2D eigenvalue weighted by atomic mass is 9.72. The number of aromatic nitrogens is 2. The first kappa shape index (κ1) is 57.1. The lowest BCUT2D eigenvalue weighted by Crippen LogP contribution is -2.47. The molecular weight excluding hydrogens is 1070 g/mol. The number of anilines is 3. The van der Waals surface area contributed by atoms with E-state index in [1.165, 1.54) is 52.1 Å². The molecule has 432 valence electrons. The van der Waals surface area contributed by atoms with Gasteiger partial charge in [0.1, 0.15) is 22.8 Å². The van der Waals surface area contributed by atoms with Crippen molar-refractivity contribution in [3.8, 4) is 11.5 Å². The fourth-order valence-corrected chi connectivity index (χ4v) is 13.6. The number of nitrogens with zero attached hydrogens (tertiary/aromatic N) is 6. The molecule has 3 fully saturated rings. The van der Waals surface area contributed by atoms with E-state index in [0.29, 0.717) is 36.6 Å². The normalized spacial score (nSPS) is 19.4. The minimum absolute atomic E-state index is 0.0309. The van der Waals surface area contributed by atoms with Gasteiger partial charge in [-0.25, -0.2) is 18.1 Å². The molecule has 82 heavy (non-hydrogen) atoms. The molecule has 5 aliphatic rings. The molecule has 0 saturated carbocycles. The van der Waals surface area contributed by atoms with Crippen molar-refractivity contribution in [3.63, 3.8) is 0 Å². The second-order valence-corrected chi connectivity index (χ2v) is 26.7. The van der Waals surface area contributed by atoms with Crippen LogP contribution in [0.3, 0.4) is 0 Å². The molecule has 0 radical (unpaired) electrons. The number of aromatic amines is 1. The van der Waals surface area contributed by atoms with E-state index < -0.39 is 31.4 Å². The molecule has 3 N–H and O–H groups in total. The fraction of sp³-hybridized carbons (Fsp3) is 0.438. The number of rotatable bonds is 17. The van der Waals surface area contributed by atoms with E-state index >= 15 is 0 Å². The van der Waals surface area contributed by atoms with Gasteiger partial charge in [0, 0.05) is 125 Å². The Morgan fingerprint density at radius 3 is 1.96 bits per heavy atom. The SMILES string of the molecule is CC1(C)CCC(CN2CCN(c3ccc(C4=C(CN5CCN(c6ccc(C(=O)NS(=O)(=O)c7ccc(NCC8CCOCC8)c([N+](=O)[O-])c7)c(Oc7cnc8[nH]ccc8c7)c6)CC5)CCC(C)(C)C4)cc3)CC2)=C(c2ccc(Cl)cc2)C1. The zero-order valence-electron chi connectivity index (χ0n) is 47.6. The molecule has 0 spiro atoms. The monoisotopic (exact) mass is 1150 g/mol. The van der Waals surface area contributed by atoms with Gasteiger partial charge in [-0.05, 0) is 151 Å². The van der Waals surface area contributed by atoms with Crippen LogP contribution in [0.5, 0.6) is 11.5 Å². The maximum atomic E-state index is 14.1. The molecule has 0 bridgehead atoms. The highest BCUT2D eigenvalue weighted by atomic mass is 35.5. The average Bonchev–Trinajstić information content (AvgIpc) is 4.11. The predicted octanol–water partition coefficient (Wildman–Crippen LogP) is 12.4. The summed E-state index contributed by atoms with van der Waals surface area (Å²) in [7, 11) is -4.57. The number of amides is 1. The number of pyridine rings is 1. The maximum absolute atomic E-state index is 14.1. The largest absolute Gasteiger partial charge is 0.455 e. The summed E-state index contributed by atoms with van der Waals surface area (Å²) in [4.78, 5) is 42.8. The maximum Gasteiger partial charge on any atom is 0.293 e. The van der Waals surface area contributed by atoms with Gasteiger partial charge in [0.05, 0.1) is 21.6 Å². The molecule has 16 nitrogen and oxygen atoms in total. The average molecular weight is 1150 g/mol. The quantitative estimate of drug-likeness (QED) is 0.0581. The second-order valence-electron chi connectivity index (χ2n) is 24.6. The van der Waals surface area contributed by atoms with Gasteiger partial charge >= 0.3 is 0 Å². The van der Waals surface area contributed by atoms with E-state index in [4.69, 9.17) is 21.1 Å². The summed E-state index contributed by atoms with van der Waals surface area (Å²) in [6, 6.07) is 30.2. The van der Waals surface area contributed by atoms with Gasteiger partial charge in [-0.1, -0.05) is 74.7 Å². The van der Waals surface area contributed by atoms with Crippen LogP contribution >= 0.6 is 11.6 Å². The van der Waals surface area contributed by atoms with Gasteiger partial charge in [0.2, 0.25) is 0 Å². The fourth-order valence-electron chi connectivity index (χ4n) is 12.5. The van der Waals surface area contributed by atoms with Crippen LogP contribution in [0.4, 0.5) is 22.7 Å². The van der Waals surface area contributed by atoms with Gasteiger partial charge in [-0.3, -0.25) is 24.7 Å². The Kier molecular flexibility index (Phi) is 16.9. The minimum Gasteiger partial charge on any atom is -0.455 e. The van der Waals surface area contributed by atoms with Crippen LogP contribution in [0.15, 0.2) is 125 Å². The molecule has 5 heterocycles. The molecule has 3 saturated heterocycles. The van der Waals surface area contributed by atoms with Crippen LogP contribution in [-0.2, 0) is 14.8 Å². The van der Waals surface area contributed by atoms with Crippen LogP contribution in [0.25, 0.3) is 22.2 Å². The van der Waals surface area contributed by atoms with Gasteiger partial charge in [-0.2, -0.15) is 0 Å². The number of hydrogen-bond acceptors (Lipinski definition) is 13. The molecule has 2 aliphatic carbocycles. The van der Waals surface area contributed by atoms with Gasteiger partial charge in [0.15, 0.2) is 0 Å². The summed E-state index contributed by atoms with van der Waals surface area (Å²) in [5.74, 6) is -0.186. The summed E-state index contributed by atoms with van der Waals surface area (Å²) in [6.45, 7) is 20.4. The van der Waals surface area contributed by atoms with Crippen molar-refractivity contribution >= 4 is 72.5 Å². The van der Waals surface area contributed by atoms with Crippen molar-refractivity contribution in [1.82, 2.24) is 24.5 Å². The van der Waals surface area contributed by atoms with Crippen LogP contribution in [0.2, 0.25) is 5.02 Å². The highest BCUT2D eigenvalue weighted by molar-refractivity contribution is 7.90. The number of benzene rings is 4. The minimum atomic E-state index is -4.57. The first-order valence-corrected chi connectivity index (χ1v) is 30.9. The van der Waals surface area contributed by atoms with E-state index in [1.807, 2.05) is 24.3 Å². The molecule has 2 aromatic heterocycles. The van der Waals surface area contributed by atoms with Crippen LogP contribution < -0.4 is 24.6 Å². The van der Waals surface area contributed by atoms with Crippen molar-refractivity contribution in [2.75, 3.05) is 100 Å². The number of allylic oxidation sites excluding steroid dienone is 2. The Labute approximate surface area is 487 Å². The Balaban J connectivity index is 0.749. The number of fused-ring (bicyclic) bond motifs is 1. The molecule has 4 aromatic carbocycles. The standard InChI is InChI=1S/C64H76ClN9O7S/c1-63(2)22-17-48(56(38-63)45-5-9-50(65)10-6-45)42-70-25-29-72(30-26-70)51-11-7-46(8-12-51)57-39-64(3,4)23-18-49(57)43-71-27-31-73(32-28-71)52-13-15-55(60(36-52)81-53-35-47-19-24-66-61(47)68-41-53)62(75)69-82(78,79)54-14-16-58(59(37-54)74(76)77)67-40-44-20-33-80-34-21-44/h5-16,19,24,35-37,41,44,67H,17-18,20-23,25-34,38-40,42-43H2,1-4H3,(H,66,68)(H,69,75). The zero-order chi connectivity index (χ0) is 57.2. The predicted molar refractivity (Wildman–Crippen MR) is 327 cm³/mol. The number of carbonyl (C=O) groups is 1. The smallest absolute Gasteiger partial charge is 0.293 e. The Morgan fingerprint density at radius 1 is 0.768 bits per heavy atom. The van der Waals surface area contributed by atoms with Crippen LogP contribution in [0.1, 0.15) is 101 Å². The molecule has 18 heteroatoms. The van der Waals surface area contributed by atoms with Crippen LogP contribution in [0, 0.1) is 26.9 Å². The Hall–Kier alpha value is -6.76. The molecule has 1 amide bonds. The molecule has 3 aliphatic heterocycles. The lowest BCUT2D eigenvalue weighted by molar-refractivity contribution is -0.384. The van der Waals surface area contributed by atoms with E-state index in [2.05, 4.69) is 104 Å². The third-order valence-corrected chi connectivity index (χ3v) is 19.1. The molecule has 11 rings (SSSR count). The summed E-state index contributed by atoms with van der Waals surface area (Å²) >= 11 is 6.30. The van der Waals surface area contributed by atoms with E-state index in [1.54, 1.807) is 36.2 Å². The van der Waals surface area contributed by atoms with Gasteiger partial charge < -0.3 is 29.6 Å². The summed E-state index contributed by atoms with van der Waals surface area (Å²) in [5, 5.41) is 16.9. The molecule has 6 aromatic rings. The van der Waals surface area contributed by atoms with E-state index in [9.17, 15) is 23.3 Å². The van der Waals surface area contributed by atoms with Crippen molar-refractivity contribution in [2.24, 2.45) is 16.7 Å². The number of nitrogens with one attached hydrogen (secondary N) is 3. The first-order chi connectivity index (χ1) is 39.4. The number of nitro groups is 1. The number of hydrogen-bond donors (Lipinski definition) is 3. The second kappa shape index (κ2) is 24.2. The van der Waals surface area contributed by atoms with E-state index in [0.717, 1.165) is 133 Å². The highest BCUT2D eigenvalue weighted by Gasteiger charge is 2.33. The summed E-state index contributed by atoms with van der Waals surface area (Å²) in [6.07, 6.45) is 11.6. The van der Waals surface area contributed by atoms with E-state index in [-0.39, 0.29) is 28.3 Å². The Morgan fingerprint density at radius 2 is 1.35 bits per heavy atom. The van der Waals surface area contributed by atoms with Crippen LogP contribution in [-0.4, -0.2) is 124 Å². The molecular formula is C64H76ClN9O7S. The number of sulfonamides is 1. The zero-order valence-corrected chi connectivity index (χ0v) is 49.2. The van der Waals surface area contributed by atoms with Crippen molar-refractivity contribution in [2.45, 2.75) is 84.0 Å². The number of piperazine rings is 2. The number of halogens is 1. The third kappa shape index (κ3) is 13.5. The van der Waals surface area contributed by atoms with Crippen molar-refractivity contribution in [1.29, 1.82) is 0 Å².